The quantitative estimate of drug-likeness (QED) is 0.334. The smallest absolute Gasteiger partial charge is 0.416 e. The van der Waals surface area contributed by atoms with Crippen LogP contribution in [0.3, 0.4) is 0 Å². The van der Waals surface area contributed by atoms with E-state index in [1.165, 1.54) is 29.1 Å². The second-order valence-corrected chi connectivity index (χ2v) is 13.5. The van der Waals surface area contributed by atoms with E-state index in [0.29, 0.717) is 35.8 Å². The Bertz CT molecular complexity index is 1670. The Morgan fingerprint density at radius 1 is 1.16 bits per heavy atom. The van der Waals surface area contributed by atoms with E-state index in [2.05, 4.69) is 21.5 Å². The molecule has 4 atom stereocenters. The first-order chi connectivity index (χ1) is 21.0. The molecule has 1 fully saturated rings. The van der Waals surface area contributed by atoms with Crippen molar-refractivity contribution in [2.75, 3.05) is 37.0 Å². The van der Waals surface area contributed by atoms with Crippen LogP contribution in [0.2, 0.25) is 0 Å². The number of ether oxygens (including phenoxy) is 2. The normalized spacial score (nSPS) is 24.9. The van der Waals surface area contributed by atoms with E-state index < -0.39 is 34.4 Å². The highest BCUT2D eigenvalue weighted by atomic mass is 32.2. The van der Waals surface area contributed by atoms with Crippen LogP contribution in [-0.4, -0.2) is 80.6 Å². The molecule has 0 aliphatic carbocycles. The summed E-state index contributed by atoms with van der Waals surface area (Å²) in [4.78, 5) is 44.1. The number of nitrogens with zero attached hydrogens (tertiary/aromatic N) is 6. The molecule has 0 spiro atoms. The number of alkyl halides is 3. The van der Waals surface area contributed by atoms with Gasteiger partial charge in [0.2, 0.25) is 5.91 Å². The van der Waals surface area contributed by atoms with Crippen molar-refractivity contribution in [1.29, 1.82) is 0 Å². The third kappa shape index (κ3) is 5.68. The van der Waals surface area contributed by atoms with E-state index in [9.17, 15) is 22.8 Å². The standard InChI is InChI=1S/C30H33F3N6O4S/c1-4-25(40)39-18(2)14-37(15-19(39)3)27-23-12-20(30(31,32)33)13-24-26(23)38(29(41)36-27)16-21(43-28-34-8-5-9-35-28)17-44(24)22-6-10-42-11-7-22/h4-6,8-9,12-13,18-19,21,44H,1,7,10-11,14-17H2,2-3H3/t18-,19+,21-/m0/s1. The van der Waals surface area contributed by atoms with Crippen LogP contribution in [0.25, 0.3) is 10.9 Å². The highest BCUT2D eigenvalue weighted by molar-refractivity contribution is 8.20. The first kappa shape index (κ1) is 30.1. The van der Waals surface area contributed by atoms with Gasteiger partial charge in [-0.1, -0.05) is 12.7 Å². The first-order valence-electron chi connectivity index (χ1n) is 14.4. The van der Waals surface area contributed by atoms with Crippen LogP contribution in [0, 0.1) is 0 Å². The highest BCUT2D eigenvalue weighted by Gasteiger charge is 2.38. The minimum Gasteiger partial charge on any atom is -0.457 e. The van der Waals surface area contributed by atoms with Crippen molar-refractivity contribution >= 4 is 33.5 Å². The summed E-state index contributed by atoms with van der Waals surface area (Å²) in [6.07, 6.45) is 1.60. The molecule has 3 aliphatic heterocycles. The van der Waals surface area contributed by atoms with Gasteiger partial charge < -0.3 is 19.3 Å². The zero-order chi connectivity index (χ0) is 31.2. The van der Waals surface area contributed by atoms with Crippen LogP contribution >= 0.6 is 10.9 Å². The number of carbonyl (C=O) groups is 1. The van der Waals surface area contributed by atoms with Gasteiger partial charge in [-0.3, -0.25) is 9.36 Å². The maximum Gasteiger partial charge on any atom is 0.416 e. The topological polar surface area (TPSA) is 103 Å². The Labute approximate surface area is 254 Å². The summed E-state index contributed by atoms with van der Waals surface area (Å²) in [5, 5.41) is 0.245. The first-order valence-corrected chi connectivity index (χ1v) is 15.9. The average molecular weight is 631 g/mol. The van der Waals surface area contributed by atoms with Gasteiger partial charge in [-0.05, 0) is 43.0 Å². The highest BCUT2D eigenvalue weighted by Crippen LogP contribution is 2.53. The SMILES string of the molecule is C=CC(=O)N1[C@H](C)CN(c2nc(=O)n3c4c(cc(C(F)(F)F)cc24)[SH](C2=CCOCC2)C[C@@H](Oc2ncccn2)C3)C[C@@H]1C. The lowest BCUT2D eigenvalue weighted by atomic mass is 10.1. The second-order valence-electron chi connectivity index (χ2n) is 11.2. The molecule has 1 unspecified atom stereocenters. The molecule has 0 bridgehead atoms. The van der Waals surface area contributed by atoms with Gasteiger partial charge in [0.1, 0.15) is 11.9 Å². The number of carbonyl (C=O) groups excluding carboxylic acids is 1. The van der Waals surface area contributed by atoms with Crippen molar-refractivity contribution in [2.45, 2.75) is 56.1 Å². The minimum absolute atomic E-state index is 0.0657. The van der Waals surface area contributed by atoms with Crippen molar-refractivity contribution in [1.82, 2.24) is 24.4 Å². The fraction of sp³-hybridized carbons (Fsp3) is 0.433. The Balaban J connectivity index is 1.55. The molecule has 0 radical (unpaired) electrons. The summed E-state index contributed by atoms with van der Waals surface area (Å²) in [6, 6.07) is 3.48. The fourth-order valence-corrected chi connectivity index (χ4v) is 9.15. The minimum atomic E-state index is -4.64. The predicted molar refractivity (Wildman–Crippen MR) is 161 cm³/mol. The molecule has 2 aromatic heterocycles. The molecule has 0 saturated carbocycles. The van der Waals surface area contributed by atoms with Gasteiger partial charge in [-0.25, -0.2) is 14.8 Å². The molecule has 10 nitrogen and oxygen atoms in total. The van der Waals surface area contributed by atoms with Crippen LogP contribution < -0.4 is 15.3 Å². The van der Waals surface area contributed by atoms with Gasteiger partial charge in [0, 0.05) is 60.0 Å². The lowest BCUT2D eigenvalue weighted by Gasteiger charge is -2.44. The van der Waals surface area contributed by atoms with Gasteiger partial charge >= 0.3 is 17.9 Å². The molecule has 5 heterocycles. The van der Waals surface area contributed by atoms with E-state index in [0.717, 1.165) is 11.0 Å². The molecule has 234 valence electrons. The maximum absolute atomic E-state index is 14.5. The van der Waals surface area contributed by atoms with Crippen LogP contribution in [0.1, 0.15) is 25.8 Å². The Kier molecular flexibility index (Phi) is 8.14. The molecule has 3 aromatic rings. The predicted octanol–water partition coefficient (Wildman–Crippen LogP) is 3.94. The van der Waals surface area contributed by atoms with Crippen LogP contribution in [0.5, 0.6) is 6.01 Å². The van der Waals surface area contributed by atoms with Crippen LogP contribution in [0.15, 0.2) is 63.9 Å². The number of hydrogen-bond acceptors (Lipinski definition) is 8. The van der Waals surface area contributed by atoms with E-state index in [1.54, 1.807) is 11.0 Å². The molecular formula is C30H33F3N6O4S. The number of amides is 1. The molecular weight excluding hydrogens is 597 g/mol. The largest absolute Gasteiger partial charge is 0.457 e. The molecule has 44 heavy (non-hydrogen) atoms. The molecule has 14 heteroatoms. The van der Waals surface area contributed by atoms with Crippen LogP contribution in [-0.2, 0) is 22.3 Å². The summed E-state index contributed by atoms with van der Waals surface area (Å²) in [6.45, 7) is 8.77. The Morgan fingerprint density at radius 2 is 1.89 bits per heavy atom. The maximum atomic E-state index is 14.5. The summed E-state index contributed by atoms with van der Waals surface area (Å²) < 4.78 is 56.7. The number of rotatable bonds is 5. The van der Waals surface area contributed by atoms with Crippen molar-refractivity contribution in [3.63, 3.8) is 0 Å². The number of anilines is 1. The van der Waals surface area contributed by atoms with Crippen LogP contribution in [0.4, 0.5) is 19.0 Å². The van der Waals surface area contributed by atoms with E-state index in [1.807, 2.05) is 24.8 Å². The van der Waals surface area contributed by atoms with Crippen molar-refractivity contribution < 1.29 is 27.4 Å². The third-order valence-electron chi connectivity index (χ3n) is 8.17. The fourth-order valence-electron chi connectivity index (χ4n) is 6.36. The average Bonchev–Trinajstić information content (AvgIpc) is 3.16. The van der Waals surface area contributed by atoms with Gasteiger partial charge in [0.05, 0.1) is 30.8 Å². The third-order valence-corrected chi connectivity index (χ3v) is 11.0. The zero-order valence-electron chi connectivity index (χ0n) is 24.3. The second kappa shape index (κ2) is 11.9. The van der Waals surface area contributed by atoms with Gasteiger partial charge in [-0.2, -0.15) is 29.1 Å². The molecule has 3 aliphatic rings. The molecule has 1 saturated heterocycles. The summed E-state index contributed by atoms with van der Waals surface area (Å²) in [5.74, 6) is 0.316. The van der Waals surface area contributed by atoms with E-state index in [-0.39, 0.29) is 54.8 Å². The molecule has 1 amide bonds. The number of benzene rings is 1. The van der Waals surface area contributed by atoms with Gasteiger partial charge in [-0.15, -0.1) is 0 Å². The lowest BCUT2D eigenvalue weighted by molar-refractivity contribution is -0.137. The lowest BCUT2D eigenvalue weighted by Crippen LogP contribution is -2.58. The number of thiol groups is 1. The summed E-state index contributed by atoms with van der Waals surface area (Å²) >= 11 is 0. The van der Waals surface area contributed by atoms with Crippen molar-refractivity contribution in [3.8, 4) is 6.01 Å². The number of aromatic nitrogens is 4. The Morgan fingerprint density at radius 3 is 2.52 bits per heavy atom. The van der Waals surface area contributed by atoms with E-state index in [4.69, 9.17) is 9.47 Å². The number of hydrogen-bond donors (Lipinski definition) is 1. The molecule has 0 N–H and O–H groups in total. The van der Waals surface area contributed by atoms with Crippen molar-refractivity contribution in [2.24, 2.45) is 0 Å². The van der Waals surface area contributed by atoms with Crippen molar-refractivity contribution in [3.05, 3.63) is 70.3 Å². The van der Waals surface area contributed by atoms with Gasteiger partial charge in [0.25, 0.3) is 0 Å². The molecule has 6 rings (SSSR count). The summed E-state index contributed by atoms with van der Waals surface area (Å²) in [5.41, 5.74) is -0.962. The zero-order valence-corrected chi connectivity index (χ0v) is 25.2. The number of halogens is 3. The monoisotopic (exact) mass is 630 g/mol. The Hall–Kier alpha value is -3.91. The number of piperazine rings is 1. The van der Waals surface area contributed by atoms with Gasteiger partial charge in [0.15, 0.2) is 0 Å². The van der Waals surface area contributed by atoms with E-state index >= 15 is 0 Å². The summed E-state index contributed by atoms with van der Waals surface area (Å²) in [7, 11) is -1.37. The molecule has 1 aromatic carbocycles.